The zero-order valence-corrected chi connectivity index (χ0v) is 11.1. The Kier molecular flexibility index (Phi) is 3.96. The highest BCUT2D eigenvalue weighted by atomic mass is 32.2. The highest BCUT2D eigenvalue weighted by Gasteiger charge is 2.20. The van der Waals surface area contributed by atoms with Gasteiger partial charge in [-0.2, -0.15) is 0 Å². The van der Waals surface area contributed by atoms with Crippen LogP contribution in [-0.2, 0) is 10.8 Å². The molecule has 1 saturated heterocycles. The predicted molar refractivity (Wildman–Crippen MR) is 71.8 cm³/mol. The molecule has 0 aliphatic carbocycles. The number of hydrogen-bond donors (Lipinski definition) is 2. The summed E-state index contributed by atoms with van der Waals surface area (Å²) in [6.45, 7) is 1.80. The zero-order valence-electron chi connectivity index (χ0n) is 10.3. The molecule has 0 saturated carbocycles. The summed E-state index contributed by atoms with van der Waals surface area (Å²) in [5.74, 6) is 1.56. The topological polar surface area (TPSA) is 85.1 Å². The van der Waals surface area contributed by atoms with Gasteiger partial charge in [0.25, 0.3) is 5.91 Å². The molecule has 0 aromatic carbocycles. The molecule has 0 radical (unpaired) electrons. The minimum absolute atomic E-state index is 0.116. The molecule has 1 aromatic heterocycles. The second-order valence-electron chi connectivity index (χ2n) is 4.52. The van der Waals surface area contributed by atoms with Crippen molar-refractivity contribution in [3.8, 4) is 0 Å². The number of carbonyl (C=O) groups is 1. The van der Waals surface area contributed by atoms with Crippen LogP contribution in [-0.4, -0.2) is 32.6 Å². The average molecular weight is 267 g/mol. The van der Waals surface area contributed by atoms with Crippen LogP contribution < -0.4 is 11.1 Å². The zero-order chi connectivity index (χ0) is 13.1. The maximum absolute atomic E-state index is 12.0. The van der Waals surface area contributed by atoms with E-state index in [0.717, 1.165) is 18.5 Å². The summed E-state index contributed by atoms with van der Waals surface area (Å²) in [7, 11) is -0.709. The van der Waals surface area contributed by atoms with Crippen molar-refractivity contribution < 1.29 is 9.00 Å². The lowest BCUT2D eigenvalue weighted by Crippen LogP contribution is -2.39. The molecule has 1 amide bonds. The quantitative estimate of drug-likeness (QED) is 0.822. The van der Waals surface area contributed by atoms with Gasteiger partial charge in [0, 0.05) is 39.6 Å². The van der Waals surface area contributed by atoms with Crippen LogP contribution in [0, 0.1) is 6.92 Å². The van der Waals surface area contributed by atoms with E-state index in [2.05, 4.69) is 10.3 Å². The number of nitrogens with one attached hydrogen (secondary N) is 1. The van der Waals surface area contributed by atoms with Gasteiger partial charge in [-0.05, 0) is 31.9 Å². The van der Waals surface area contributed by atoms with Gasteiger partial charge in [-0.1, -0.05) is 0 Å². The van der Waals surface area contributed by atoms with E-state index in [0.29, 0.717) is 22.9 Å². The standard InChI is InChI=1S/C12H17N3O2S/c1-8-6-9(7-11(13)14-8)12(16)15-10-2-4-18(17)5-3-10/h6-7,10H,2-5H2,1H3,(H2,13,14)(H,15,16). The Balaban J connectivity index is 2.01. The number of anilines is 1. The Hall–Kier alpha value is -1.43. The third-order valence-corrected chi connectivity index (χ3v) is 4.34. The van der Waals surface area contributed by atoms with Gasteiger partial charge >= 0.3 is 0 Å². The van der Waals surface area contributed by atoms with Gasteiger partial charge in [0.05, 0.1) is 0 Å². The molecule has 2 heterocycles. The Morgan fingerprint density at radius 1 is 1.44 bits per heavy atom. The number of rotatable bonds is 2. The molecule has 1 aliphatic heterocycles. The number of amides is 1. The van der Waals surface area contributed by atoms with Crippen LogP contribution in [0.2, 0.25) is 0 Å². The van der Waals surface area contributed by atoms with Crippen LogP contribution in [0.4, 0.5) is 5.82 Å². The van der Waals surface area contributed by atoms with Crippen LogP contribution in [0.25, 0.3) is 0 Å². The van der Waals surface area contributed by atoms with Crippen LogP contribution >= 0.6 is 0 Å². The van der Waals surface area contributed by atoms with E-state index in [1.165, 1.54) is 0 Å². The molecule has 18 heavy (non-hydrogen) atoms. The van der Waals surface area contributed by atoms with E-state index in [1.807, 2.05) is 0 Å². The number of nitrogens with two attached hydrogens (primary N) is 1. The molecule has 1 aliphatic rings. The van der Waals surface area contributed by atoms with Gasteiger partial charge in [0.1, 0.15) is 5.82 Å². The largest absolute Gasteiger partial charge is 0.384 e. The van der Waals surface area contributed by atoms with Crippen LogP contribution in [0.3, 0.4) is 0 Å². The van der Waals surface area contributed by atoms with E-state index in [4.69, 9.17) is 5.73 Å². The average Bonchev–Trinajstić information content (AvgIpc) is 2.31. The number of carbonyl (C=O) groups excluding carboxylic acids is 1. The molecule has 6 heteroatoms. The lowest BCUT2D eigenvalue weighted by atomic mass is 10.1. The molecule has 0 unspecified atom stereocenters. The fourth-order valence-electron chi connectivity index (χ4n) is 2.03. The minimum atomic E-state index is -0.709. The summed E-state index contributed by atoms with van der Waals surface area (Å²) in [5.41, 5.74) is 6.88. The third-order valence-electron chi connectivity index (χ3n) is 2.96. The number of pyridine rings is 1. The smallest absolute Gasteiger partial charge is 0.251 e. The second kappa shape index (κ2) is 5.48. The Morgan fingerprint density at radius 2 is 2.11 bits per heavy atom. The van der Waals surface area contributed by atoms with E-state index in [9.17, 15) is 9.00 Å². The first-order chi connectivity index (χ1) is 8.54. The lowest BCUT2D eigenvalue weighted by molar-refractivity contribution is 0.0934. The van der Waals surface area contributed by atoms with Crippen molar-refractivity contribution in [3.05, 3.63) is 23.4 Å². The molecule has 3 N–H and O–H groups in total. The van der Waals surface area contributed by atoms with E-state index < -0.39 is 10.8 Å². The molecular weight excluding hydrogens is 250 g/mol. The summed E-state index contributed by atoms with van der Waals surface area (Å²) in [4.78, 5) is 16.1. The van der Waals surface area contributed by atoms with Crippen LogP contribution in [0.5, 0.6) is 0 Å². The molecule has 0 bridgehead atoms. The Labute approximate surface area is 109 Å². The van der Waals surface area contributed by atoms with Crippen LogP contribution in [0.1, 0.15) is 28.9 Å². The first kappa shape index (κ1) is 13.0. The van der Waals surface area contributed by atoms with Gasteiger partial charge in [-0.25, -0.2) is 4.98 Å². The minimum Gasteiger partial charge on any atom is -0.384 e. The van der Waals surface area contributed by atoms with Crippen molar-refractivity contribution in [1.82, 2.24) is 10.3 Å². The van der Waals surface area contributed by atoms with Crippen molar-refractivity contribution in [1.29, 1.82) is 0 Å². The maximum atomic E-state index is 12.0. The van der Waals surface area contributed by atoms with Gasteiger partial charge in [0.15, 0.2) is 0 Å². The number of nitrogen functional groups attached to an aromatic ring is 1. The molecule has 5 nitrogen and oxygen atoms in total. The highest BCUT2D eigenvalue weighted by molar-refractivity contribution is 7.85. The van der Waals surface area contributed by atoms with Crippen molar-refractivity contribution in [2.75, 3.05) is 17.2 Å². The normalized spacial score (nSPS) is 23.6. The molecule has 0 spiro atoms. The van der Waals surface area contributed by atoms with Crippen molar-refractivity contribution in [2.45, 2.75) is 25.8 Å². The van der Waals surface area contributed by atoms with Crippen molar-refractivity contribution >= 4 is 22.5 Å². The Morgan fingerprint density at radius 3 is 2.72 bits per heavy atom. The summed E-state index contributed by atoms with van der Waals surface area (Å²) < 4.78 is 11.2. The molecule has 0 atom stereocenters. The summed E-state index contributed by atoms with van der Waals surface area (Å²) in [6.07, 6.45) is 1.55. The van der Waals surface area contributed by atoms with Crippen molar-refractivity contribution in [2.24, 2.45) is 0 Å². The first-order valence-corrected chi connectivity index (χ1v) is 7.43. The van der Waals surface area contributed by atoms with Crippen LogP contribution in [0.15, 0.2) is 12.1 Å². The predicted octanol–water partition coefficient (Wildman–Crippen LogP) is 0.613. The van der Waals surface area contributed by atoms with Gasteiger partial charge in [-0.3, -0.25) is 9.00 Å². The molecular formula is C12H17N3O2S. The summed E-state index contributed by atoms with van der Waals surface area (Å²) in [6, 6.07) is 3.40. The van der Waals surface area contributed by atoms with Gasteiger partial charge in [0.2, 0.25) is 0 Å². The fourth-order valence-corrected chi connectivity index (χ4v) is 3.33. The Bertz CT molecular complexity index is 460. The van der Waals surface area contributed by atoms with Gasteiger partial charge in [-0.15, -0.1) is 0 Å². The summed E-state index contributed by atoms with van der Waals surface area (Å²) in [5, 5.41) is 2.95. The number of aromatic nitrogens is 1. The SMILES string of the molecule is Cc1cc(C(=O)NC2CCS(=O)CC2)cc(N)n1. The lowest BCUT2D eigenvalue weighted by Gasteiger charge is -2.22. The number of aryl methyl sites for hydroxylation is 1. The summed E-state index contributed by atoms with van der Waals surface area (Å²) >= 11 is 0. The molecule has 98 valence electrons. The molecule has 1 fully saturated rings. The third kappa shape index (κ3) is 3.29. The van der Waals surface area contributed by atoms with E-state index in [-0.39, 0.29) is 11.9 Å². The fraction of sp³-hybridized carbons (Fsp3) is 0.500. The maximum Gasteiger partial charge on any atom is 0.251 e. The molecule has 2 rings (SSSR count). The molecule has 1 aromatic rings. The second-order valence-corrected chi connectivity index (χ2v) is 6.21. The number of hydrogen-bond acceptors (Lipinski definition) is 4. The monoisotopic (exact) mass is 267 g/mol. The number of nitrogens with zero attached hydrogens (tertiary/aromatic N) is 1. The van der Waals surface area contributed by atoms with E-state index >= 15 is 0 Å². The highest BCUT2D eigenvalue weighted by Crippen LogP contribution is 2.12. The van der Waals surface area contributed by atoms with E-state index in [1.54, 1.807) is 19.1 Å². The van der Waals surface area contributed by atoms with Crippen molar-refractivity contribution in [3.63, 3.8) is 0 Å². The van der Waals surface area contributed by atoms with Gasteiger partial charge < -0.3 is 11.1 Å². The first-order valence-electron chi connectivity index (χ1n) is 5.94.